The summed E-state index contributed by atoms with van der Waals surface area (Å²) in [5, 5.41) is 0.738. The van der Waals surface area contributed by atoms with Crippen LogP contribution in [-0.2, 0) is 4.74 Å². The maximum Gasteiger partial charge on any atom is 0.0989 e. The van der Waals surface area contributed by atoms with E-state index in [1.54, 1.807) is 0 Å². The van der Waals surface area contributed by atoms with Crippen molar-refractivity contribution < 1.29 is 4.74 Å². The van der Waals surface area contributed by atoms with Crippen molar-refractivity contribution in [1.29, 1.82) is 0 Å². The Kier molecular flexibility index (Phi) is 7.33. The summed E-state index contributed by atoms with van der Waals surface area (Å²) in [5.74, 6) is 0. The molecule has 0 saturated heterocycles. The van der Waals surface area contributed by atoms with E-state index >= 15 is 0 Å². The zero-order valence-corrected chi connectivity index (χ0v) is 12.1. The molecule has 0 amide bonds. The Morgan fingerprint density at radius 2 is 1.94 bits per heavy atom. The lowest BCUT2D eigenvalue weighted by molar-refractivity contribution is 0.0313. The molecular formula is C15H24ClNO. The summed E-state index contributed by atoms with van der Waals surface area (Å²) in [6.07, 6.45) is 4.24. The molecule has 3 heteroatoms. The number of halogens is 1. The summed E-state index contributed by atoms with van der Waals surface area (Å²) >= 11 is 6.22. The zero-order valence-electron chi connectivity index (χ0n) is 11.4. The van der Waals surface area contributed by atoms with E-state index in [4.69, 9.17) is 22.1 Å². The van der Waals surface area contributed by atoms with E-state index in [1.807, 2.05) is 24.3 Å². The molecule has 0 bridgehead atoms. The Morgan fingerprint density at radius 1 is 1.22 bits per heavy atom. The third-order valence-electron chi connectivity index (χ3n) is 3.12. The lowest BCUT2D eigenvalue weighted by Crippen LogP contribution is -2.30. The van der Waals surface area contributed by atoms with Gasteiger partial charge >= 0.3 is 0 Å². The summed E-state index contributed by atoms with van der Waals surface area (Å²) < 4.78 is 5.95. The number of benzene rings is 1. The van der Waals surface area contributed by atoms with Crippen molar-refractivity contribution >= 4 is 11.6 Å². The highest BCUT2D eigenvalue weighted by atomic mass is 35.5. The number of ether oxygens (including phenoxy) is 1. The molecule has 0 saturated carbocycles. The van der Waals surface area contributed by atoms with E-state index in [1.165, 1.54) is 12.8 Å². The Bertz CT molecular complexity index is 343. The van der Waals surface area contributed by atoms with Crippen molar-refractivity contribution in [2.45, 2.75) is 51.7 Å². The molecule has 18 heavy (non-hydrogen) atoms. The number of hydrogen-bond donors (Lipinski definition) is 1. The first-order valence-electron chi connectivity index (χ1n) is 6.82. The van der Waals surface area contributed by atoms with E-state index < -0.39 is 0 Å². The van der Waals surface area contributed by atoms with Crippen LogP contribution < -0.4 is 5.73 Å². The number of rotatable bonds is 8. The summed E-state index contributed by atoms with van der Waals surface area (Å²) in [7, 11) is 0. The Labute approximate surface area is 115 Å². The first-order valence-corrected chi connectivity index (χ1v) is 7.20. The minimum absolute atomic E-state index is 0.00785. The SMILES string of the molecule is CCCCCOC(c1ccccc1Cl)C(N)CC. The number of hydrogen-bond acceptors (Lipinski definition) is 2. The average Bonchev–Trinajstić information content (AvgIpc) is 2.39. The molecule has 1 aromatic rings. The van der Waals surface area contributed by atoms with Crippen LogP contribution in [0.2, 0.25) is 5.02 Å². The fourth-order valence-corrected chi connectivity index (χ4v) is 2.17. The molecular weight excluding hydrogens is 246 g/mol. The predicted molar refractivity (Wildman–Crippen MR) is 77.9 cm³/mol. The largest absolute Gasteiger partial charge is 0.372 e. The monoisotopic (exact) mass is 269 g/mol. The number of unbranched alkanes of at least 4 members (excludes halogenated alkanes) is 2. The summed E-state index contributed by atoms with van der Waals surface area (Å²) in [5.41, 5.74) is 7.15. The second kappa shape index (κ2) is 8.52. The van der Waals surface area contributed by atoms with Crippen molar-refractivity contribution in [3.63, 3.8) is 0 Å². The van der Waals surface area contributed by atoms with E-state index in [2.05, 4.69) is 13.8 Å². The van der Waals surface area contributed by atoms with Gasteiger partial charge < -0.3 is 10.5 Å². The smallest absolute Gasteiger partial charge is 0.0989 e. The molecule has 2 unspecified atom stereocenters. The molecule has 2 atom stereocenters. The van der Waals surface area contributed by atoms with Crippen LogP contribution >= 0.6 is 11.6 Å². The average molecular weight is 270 g/mol. The van der Waals surface area contributed by atoms with Crippen molar-refractivity contribution in [2.75, 3.05) is 6.61 Å². The van der Waals surface area contributed by atoms with Crippen molar-refractivity contribution in [3.05, 3.63) is 34.9 Å². The Morgan fingerprint density at radius 3 is 2.56 bits per heavy atom. The van der Waals surface area contributed by atoms with Gasteiger partial charge in [-0.25, -0.2) is 0 Å². The van der Waals surface area contributed by atoms with Gasteiger partial charge in [0.05, 0.1) is 6.10 Å². The minimum atomic E-state index is -0.0967. The molecule has 0 aliphatic carbocycles. The summed E-state index contributed by atoms with van der Waals surface area (Å²) in [6, 6.07) is 7.79. The van der Waals surface area contributed by atoms with Gasteiger partial charge in [0, 0.05) is 23.2 Å². The van der Waals surface area contributed by atoms with Crippen LogP contribution in [0.25, 0.3) is 0 Å². The van der Waals surface area contributed by atoms with Gasteiger partial charge in [-0.3, -0.25) is 0 Å². The van der Waals surface area contributed by atoms with E-state index in [0.717, 1.165) is 30.0 Å². The molecule has 1 aromatic carbocycles. The summed E-state index contributed by atoms with van der Waals surface area (Å²) in [6.45, 7) is 5.00. The lowest BCUT2D eigenvalue weighted by Gasteiger charge is -2.24. The Balaban J connectivity index is 2.69. The highest BCUT2D eigenvalue weighted by Crippen LogP contribution is 2.28. The zero-order chi connectivity index (χ0) is 13.4. The van der Waals surface area contributed by atoms with Gasteiger partial charge in [-0.05, 0) is 18.9 Å². The Hall–Kier alpha value is -0.570. The fraction of sp³-hybridized carbons (Fsp3) is 0.600. The maximum absolute atomic E-state index is 6.22. The van der Waals surface area contributed by atoms with Gasteiger partial charge in [0.2, 0.25) is 0 Å². The van der Waals surface area contributed by atoms with Gasteiger partial charge in [0.1, 0.15) is 0 Å². The third kappa shape index (κ3) is 4.60. The molecule has 0 aliphatic rings. The molecule has 0 fully saturated rings. The molecule has 0 radical (unpaired) electrons. The molecule has 0 spiro atoms. The van der Waals surface area contributed by atoms with Crippen LogP contribution in [0.1, 0.15) is 51.2 Å². The first-order chi connectivity index (χ1) is 8.70. The van der Waals surface area contributed by atoms with Crippen molar-refractivity contribution in [3.8, 4) is 0 Å². The first kappa shape index (κ1) is 15.5. The summed E-state index contributed by atoms with van der Waals surface area (Å²) in [4.78, 5) is 0. The molecule has 1 rings (SSSR count). The highest BCUT2D eigenvalue weighted by molar-refractivity contribution is 6.31. The van der Waals surface area contributed by atoms with Crippen LogP contribution in [0.15, 0.2) is 24.3 Å². The normalized spacial score (nSPS) is 14.4. The maximum atomic E-state index is 6.22. The fourth-order valence-electron chi connectivity index (χ4n) is 1.93. The van der Waals surface area contributed by atoms with Crippen LogP contribution in [0.3, 0.4) is 0 Å². The third-order valence-corrected chi connectivity index (χ3v) is 3.46. The van der Waals surface area contributed by atoms with Crippen LogP contribution in [-0.4, -0.2) is 12.6 Å². The highest BCUT2D eigenvalue weighted by Gasteiger charge is 2.21. The topological polar surface area (TPSA) is 35.2 Å². The van der Waals surface area contributed by atoms with Crippen molar-refractivity contribution in [2.24, 2.45) is 5.73 Å². The van der Waals surface area contributed by atoms with Crippen LogP contribution in [0, 0.1) is 0 Å². The van der Waals surface area contributed by atoms with E-state index in [0.29, 0.717) is 0 Å². The number of nitrogens with two attached hydrogens (primary N) is 1. The molecule has 102 valence electrons. The lowest BCUT2D eigenvalue weighted by atomic mass is 10.0. The van der Waals surface area contributed by atoms with Gasteiger partial charge in [-0.15, -0.1) is 0 Å². The molecule has 0 heterocycles. The van der Waals surface area contributed by atoms with Gasteiger partial charge in [-0.1, -0.05) is 56.5 Å². The quantitative estimate of drug-likeness (QED) is 0.713. The van der Waals surface area contributed by atoms with Crippen LogP contribution in [0.4, 0.5) is 0 Å². The molecule has 0 aromatic heterocycles. The van der Waals surface area contributed by atoms with E-state index in [9.17, 15) is 0 Å². The molecule has 2 N–H and O–H groups in total. The van der Waals surface area contributed by atoms with Gasteiger partial charge in [-0.2, -0.15) is 0 Å². The second-order valence-corrected chi connectivity index (χ2v) is 5.00. The van der Waals surface area contributed by atoms with Gasteiger partial charge in [0.15, 0.2) is 0 Å². The van der Waals surface area contributed by atoms with Crippen molar-refractivity contribution in [1.82, 2.24) is 0 Å². The molecule has 2 nitrogen and oxygen atoms in total. The van der Waals surface area contributed by atoms with Crippen LogP contribution in [0.5, 0.6) is 0 Å². The minimum Gasteiger partial charge on any atom is -0.372 e. The van der Waals surface area contributed by atoms with Gasteiger partial charge in [0.25, 0.3) is 0 Å². The second-order valence-electron chi connectivity index (χ2n) is 4.59. The predicted octanol–water partition coefficient (Wildman–Crippen LogP) is 4.33. The standard InChI is InChI=1S/C15H24ClNO/c1-3-5-8-11-18-15(14(17)4-2)12-9-6-7-10-13(12)16/h6-7,9-10,14-15H,3-5,8,11,17H2,1-2H3. The molecule has 0 aliphatic heterocycles. The van der Waals surface area contributed by atoms with E-state index in [-0.39, 0.29) is 12.1 Å².